The summed E-state index contributed by atoms with van der Waals surface area (Å²) >= 11 is 1.11. The van der Waals surface area contributed by atoms with Crippen LogP contribution in [-0.2, 0) is 13.6 Å². The molecule has 1 heterocycles. The monoisotopic (exact) mass is 396 g/mol. The maximum atomic E-state index is 14.6. The molecule has 1 aromatic carbocycles. The summed E-state index contributed by atoms with van der Waals surface area (Å²) in [5.41, 5.74) is -0.880. The number of hydrogen-bond acceptors (Lipinski definition) is 4. The first-order valence-electron chi connectivity index (χ1n) is 7.44. The molecule has 0 saturated heterocycles. The Bertz CT molecular complexity index is 763. The Balaban J connectivity index is 2.75. The molecule has 25 heavy (non-hydrogen) atoms. The quantitative estimate of drug-likeness (QED) is 0.360. The first-order chi connectivity index (χ1) is 11.6. The Kier molecular flexibility index (Phi) is 6.09. The highest BCUT2D eigenvalue weighted by Crippen LogP contribution is 2.51. The number of benzene rings is 1. The molecule has 9 heteroatoms. The van der Waals surface area contributed by atoms with Gasteiger partial charge in [-0.25, -0.2) is 17.6 Å². The molecule has 0 aliphatic heterocycles. The second-order valence-corrected chi connectivity index (χ2v) is 8.44. The molecule has 0 atom stereocenters. The van der Waals surface area contributed by atoms with Gasteiger partial charge in [0.2, 0.25) is 0 Å². The third-order valence-corrected chi connectivity index (χ3v) is 6.05. The molecule has 0 N–H and O–H groups in total. The van der Waals surface area contributed by atoms with Gasteiger partial charge in [-0.2, -0.15) is 11.3 Å². The molecule has 0 aliphatic rings. The lowest BCUT2D eigenvalue weighted by atomic mass is 10.1. The topological polar surface area (TPSA) is 35.5 Å². The highest BCUT2D eigenvalue weighted by molar-refractivity contribution is 7.62. The number of hydrogen-bond donors (Lipinski definition) is 0. The molecule has 0 unspecified atom stereocenters. The normalized spacial score (nSPS) is 12.4. The second-order valence-electron chi connectivity index (χ2n) is 5.80. The van der Waals surface area contributed by atoms with Crippen molar-refractivity contribution >= 4 is 24.2 Å². The van der Waals surface area contributed by atoms with Crippen molar-refractivity contribution in [2.45, 2.75) is 39.9 Å². The molecule has 138 valence electrons. The zero-order valence-electron chi connectivity index (χ0n) is 14.0. The van der Waals surface area contributed by atoms with E-state index >= 15 is 0 Å². The first-order valence-corrected chi connectivity index (χ1v) is 9.93. The Morgan fingerprint density at radius 3 is 1.76 bits per heavy atom. The van der Waals surface area contributed by atoms with Gasteiger partial charge in [0.25, 0.3) is 0 Å². The van der Waals surface area contributed by atoms with Crippen molar-refractivity contribution in [1.82, 2.24) is 0 Å². The summed E-state index contributed by atoms with van der Waals surface area (Å²) in [6.45, 7) is 5.83. The zero-order valence-corrected chi connectivity index (χ0v) is 15.7. The van der Waals surface area contributed by atoms with E-state index in [1.807, 2.05) is 0 Å². The fourth-order valence-corrected chi connectivity index (χ4v) is 4.90. The van der Waals surface area contributed by atoms with Crippen LogP contribution in [0.1, 0.15) is 27.7 Å². The Hall–Kier alpha value is -1.21. The molecule has 0 aliphatic carbocycles. The van der Waals surface area contributed by atoms with Crippen molar-refractivity contribution in [3.8, 4) is 11.1 Å². The summed E-state index contributed by atoms with van der Waals surface area (Å²) in [7, 11) is -4.64. The van der Waals surface area contributed by atoms with Crippen LogP contribution in [0.25, 0.3) is 11.1 Å². The van der Waals surface area contributed by atoms with Crippen LogP contribution in [0, 0.1) is 23.3 Å². The SMILES string of the molecule is CC(C)OP(=O)(OC(C)C)c1c(F)c(F)c(-c2ccsc2)c(F)c1F. The van der Waals surface area contributed by atoms with Crippen molar-refractivity contribution in [3.05, 3.63) is 40.1 Å². The molecule has 0 fully saturated rings. The molecule has 2 rings (SSSR count). The van der Waals surface area contributed by atoms with E-state index < -0.39 is 53.9 Å². The van der Waals surface area contributed by atoms with Crippen LogP contribution in [0.5, 0.6) is 0 Å². The Morgan fingerprint density at radius 2 is 1.40 bits per heavy atom. The minimum atomic E-state index is -4.64. The molecule has 3 nitrogen and oxygen atoms in total. The van der Waals surface area contributed by atoms with Gasteiger partial charge in [0.15, 0.2) is 23.3 Å². The molecule has 0 amide bonds. The van der Waals surface area contributed by atoms with Gasteiger partial charge in [0.05, 0.1) is 17.8 Å². The zero-order chi connectivity index (χ0) is 18.9. The molecular weight excluding hydrogens is 379 g/mol. The van der Waals surface area contributed by atoms with E-state index in [0.29, 0.717) is 0 Å². The summed E-state index contributed by atoms with van der Waals surface area (Å²) in [5, 5.41) is 1.49. The van der Waals surface area contributed by atoms with Gasteiger partial charge < -0.3 is 9.05 Å². The molecule has 2 aromatic rings. The first kappa shape index (κ1) is 20.1. The van der Waals surface area contributed by atoms with Crippen molar-refractivity contribution in [2.24, 2.45) is 0 Å². The van der Waals surface area contributed by atoms with Crippen molar-refractivity contribution < 1.29 is 31.2 Å². The van der Waals surface area contributed by atoms with Crippen LogP contribution < -0.4 is 5.30 Å². The van der Waals surface area contributed by atoms with E-state index in [1.165, 1.54) is 44.5 Å². The van der Waals surface area contributed by atoms with Crippen LogP contribution in [0.3, 0.4) is 0 Å². The molecule has 0 bridgehead atoms. The van der Waals surface area contributed by atoms with E-state index in [2.05, 4.69) is 0 Å². The van der Waals surface area contributed by atoms with Crippen LogP contribution in [0.4, 0.5) is 17.6 Å². The molecule has 1 aromatic heterocycles. The largest absolute Gasteiger partial charge is 0.368 e. The Labute approximate surface area is 147 Å². The van der Waals surface area contributed by atoms with Gasteiger partial charge >= 0.3 is 7.60 Å². The van der Waals surface area contributed by atoms with E-state index in [1.54, 1.807) is 0 Å². The average molecular weight is 396 g/mol. The lowest BCUT2D eigenvalue weighted by Gasteiger charge is -2.24. The minimum Gasteiger partial charge on any atom is -0.302 e. The summed E-state index contributed by atoms with van der Waals surface area (Å²) in [6, 6.07) is 1.32. The average Bonchev–Trinajstić information content (AvgIpc) is 2.97. The van der Waals surface area contributed by atoms with Gasteiger partial charge in [0.1, 0.15) is 5.30 Å². The third kappa shape index (κ3) is 3.97. The number of rotatable bonds is 6. The van der Waals surface area contributed by atoms with Gasteiger partial charge in [-0.05, 0) is 50.1 Å². The summed E-state index contributed by atoms with van der Waals surface area (Å²) in [6.07, 6.45) is -1.52. The van der Waals surface area contributed by atoms with Crippen LogP contribution >= 0.6 is 18.9 Å². The number of halogens is 4. The maximum Gasteiger partial charge on any atom is 0.368 e. The predicted octanol–water partition coefficient (Wildman–Crippen LogP) is 5.64. The molecule has 0 radical (unpaired) electrons. The third-order valence-electron chi connectivity index (χ3n) is 3.02. The fourth-order valence-electron chi connectivity index (χ4n) is 2.21. The second kappa shape index (κ2) is 7.58. The molecule has 0 saturated carbocycles. The highest BCUT2D eigenvalue weighted by Gasteiger charge is 2.41. The lowest BCUT2D eigenvalue weighted by Crippen LogP contribution is -2.25. The molecular formula is C16H17F4O3PS. The van der Waals surface area contributed by atoms with Crippen molar-refractivity contribution in [3.63, 3.8) is 0 Å². The van der Waals surface area contributed by atoms with E-state index in [9.17, 15) is 22.1 Å². The number of thiophene rings is 1. The van der Waals surface area contributed by atoms with Crippen LogP contribution in [0.2, 0.25) is 0 Å². The van der Waals surface area contributed by atoms with E-state index in [0.717, 1.165) is 11.3 Å². The maximum absolute atomic E-state index is 14.6. The van der Waals surface area contributed by atoms with Crippen LogP contribution in [0.15, 0.2) is 16.8 Å². The highest BCUT2D eigenvalue weighted by atomic mass is 32.1. The van der Waals surface area contributed by atoms with Crippen molar-refractivity contribution in [1.29, 1.82) is 0 Å². The van der Waals surface area contributed by atoms with Crippen molar-refractivity contribution in [2.75, 3.05) is 0 Å². The Morgan fingerprint density at radius 1 is 0.920 bits per heavy atom. The lowest BCUT2D eigenvalue weighted by molar-refractivity contribution is 0.149. The van der Waals surface area contributed by atoms with E-state index in [-0.39, 0.29) is 5.56 Å². The summed E-state index contributed by atoms with van der Waals surface area (Å²) < 4.78 is 81.1. The summed E-state index contributed by atoms with van der Waals surface area (Å²) in [4.78, 5) is 0. The minimum absolute atomic E-state index is 0.0197. The smallest absolute Gasteiger partial charge is 0.302 e. The fraction of sp³-hybridized carbons (Fsp3) is 0.375. The van der Waals surface area contributed by atoms with Gasteiger partial charge in [-0.1, -0.05) is 0 Å². The van der Waals surface area contributed by atoms with Gasteiger partial charge in [-0.15, -0.1) is 0 Å². The van der Waals surface area contributed by atoms with Gasteiger partial charge in [-0.3, -0.25) is 4.57 Å². The predicted molar refractivity (Wildman–Crippen MR) is 89.3 cm³/mol. The molecule has 0 spiro atoms. The summed E-state index contributed by atoms with van der Waals surface area (Å²) in [5.74, 6) is -6.87. The van der Waals surface area contributed by atoms with Gasteiger partial charge in [0, 0.05) is 0 Å². The van der Waals surface area contributed by atoms with Crippen LogP contribution in [-0.4, -0.2) is 12.2 Å². The standard InChI is InChI=1S/C16H17F4O3PS/c1-8(2)22-24(21,23-9(3)4)16-14(19)12(17)11(13(18)15(16)20)10-5-6-25-7-10/h5-9H,1-4H3. The van der Waals surface area contributed by atoms with E-state index in [4.69, 9.17) is 9.05 Å².